The summed E-state index contributed by atoms with van der Waals surface area (Å²) in [7, 11) is 0. The highest BCUT2D eigenvalue weighted by Gasteiger charge is 2.27. The second-order valence-electron chi connectivity index (χ2n) is 5.60. The lowest BCUT2D eigenvalue weighted by Gasteiger charge is -2.13. The molecule has 1 heterocycles. The Kier molecular flexibility index (Phi) is 18.4. The van der Waals surface area contributed by atoms with Gasteiger partial charge in [0.2, 0.25) is 0 Å². The minimum atomic E-state index is -2.83. The Balaban J connectivity index is 0. The molecule has 0 N–H and O–H groups in total. The van der Waals surface area contributed by atoms with Gasteiger partial charge in [-0.05, 0) is 44.9 Å². The maximum absolute atomic E-state index is 12.0. The van der Waals surface area contributed by atoms with E-state index >= 15 is 0 Å². The van der Waals surface area contributed by atoms with Crippen LogP contribution >= 0.6 is 0 Å². The average Bonchev–Trinajstić information content (AvgIpc) is 3.01. The molecule has 1 atom stereocenters. The smallest absolute Gasteiger partial charge is 0.410 e. The number of hydrogen-bond acceptors (Lipinski definition) is 3. The molecule has 0 spiro atoms. The third-order valence-corrected chi connectivity index (χ3v) is 3.10. The highest BCUT2D eigenvalue weighted by atomic mass is 19.3. The van der Waals surface area contributed by atoms with E-state index in [-0.39, 0.29) is 17.9 Å². The molecule has 2 rings (SSSR count). The van der Waals surface area contributed by atoms with Gasteiger partial charge in [-0.15, -0.1) is 13.2 Å². The fourth-order valence-corrected chi connectivity index (χ4v) is 2.03. The SMILES string of the molecule is C=CC.C=CC/C=C\C.CC.CC1CN(Cc2ccc(OC(F)F)cc2)C(=O)O1. The molecule has 0 aromatic heterocycles. The van der Waals surface area contributed by atoms with Crippen molar-refractivity contribution >= 4 is 6.09 Å². The van der Waals surface area contributed by atoms with Crippen LogP contribution in [0.4, 0.5) is 13.6 Å². The first-order chi connectivity index (χ1) is 13.9. The molecule has 0 bridgehead atoms. The molecule has 4 nitrogen and oxygen atoms in total. The van der Waals surface area contributed by atoms with Crippen molar-refractivity contribution in [3.05, 3.63) is 67.3 Å². The van der Waals surface area contributed by atoms with Crippen LogP contribution in [-0.2, 0) is 11.3 Å². The molecule has 1 aromatic carbocycles. The summed E-state index contributed by atoms with van der Waals surface area (Å²) in [5, 5.41) is 0. The largest absolute Gasteiger partial charge is 0.444 e. The van der Waals surface area contributed by atoms with Crippen LogP contribution < -0.4 is 4.74 Å². The van der Waals surface area contributed by atoms with Gasteiger partial charge >= 0.3 is 12.7 Å². The first-order valence-electron chi connectivity index (χ1n) is 9.66. The van der Waals surface area contributed by atoms with E-state index in [9.17, 15) is 13.6 Å². The van der Waals surface area contributed by atoms with E-state index < -0.39 is 6.61 Å². The van der Waals surface area contributed by atoms with E-state index in [1.807, 2.05) is 46.8 Å². The van der Waals surface area contributed by atoms with Crippen LogP contribution in [0.3, 0.4) is 0 Å². The Morgan fingerprint density at radius 2 is 1.79 bits per heavy atom. The van der Waals surface area contributed by atoms with Gasteiger partial charge in [-0.1, -0.05) is 50.3 Å². The molecule has 1 aliphatic heterocycles. The van der Waals surface area contributed by atoms with Gasteiger partial charge in [-0.2, -0.15) is 8.78 Å². The number of halogens is 2. The van der Waals surface area contributed by atoms with Gasteiger partial charge in [-0.25, -0.2) is 4.79 Å². The third kappa shape index (κ3) is 15.0. The number of hydrogen-bond donors (Lipinski definition) is 0. The third-order valence-electron chi connectivity index (χ3n) is 3.10. The molecular formula is C23H35F2NO3. The fraction of sp³-hybridized carbons (Fsp3) is 0.435. The summed E-state index contributed by atoms with van der Waals surface area (Å²) in [6.07, 6.45) is 8.24. The molecule has 1 aliphatic rings. The number of cyclic esters (lactones) is 1. The van der Waals surface area contributed by atoms with Crippen molar-refractivity contribution in [3.63, 3.8) is 0 Å². The van der Waals surface area contributed by atoms with E-state index in [2.05, 4.69) is 24.0 Å². The Hall–Kier alpha value is -2.63. The summed E-state index contributed by atoms with van der Waals surface area (Å²) in [5.74, 6) is 0.103. The summed E-state index contributed by atoms with van der Waals surface area (Å²) < 4.78 is 33.1. The zero-order valence-corrected chi connectivity index (χ0v) is 18.2. The zero-order chi connectivity index (χ0) is 22.7. The standard InChI is InChI=1S/C12H13F2NO3.C6H10.C3H6.C2H6/c1-8-6-15(12(16)17-8)7-9-2-4-10(5-3-9)18-11(13)14;1-3-5-6-4-2;1-3-2;1-2/h2-5,8,11H,6-7H2,1H3;3-4,6H,1,5H2,2H3;3H,1H2,2H3;1-2H3/b;6-4-;;. The van der Waals surface area contributed by atoms with Crippen LogP contribution in [0.1, 0.15) is 46.6 Å². The number of nitrogens with zero attached hydrogens (tertiary/aromatic N) is 1. The number of benzene rings is 1. The maximum Gasteiger partial charge on any atom is 0.410 e. The van der Waals surface area contributed by atoms with Crippen molar-refractivity contribution in [1.82, 2.24) is 4.90 Å². The first kappa shape index (κ1) is 28.6. The number of ether oxygens (including phenoxy) is 2. The average molecular weight is 412 g/mol. The molecule has 1 fully saturated rings. The monoisotopic (exact) mass is 411 g/mol. The van der Waals surface area contributed by atoms with E-state index in [0.29, 0.717) is 13.1 Å². The van der Waals surface area contributed by atoms with Crippen LogP contribution in [0, 0.1) is 0 Å². The van der Waals surface area contributed by atoms with E-state index in [1.54, 1.807) is 23.1 Å². The Labute approximate surface area is 174 Å². The quantitative estimate of drug-likeness (QED) is 0.474. The Morgan fingerprint density at radius 3 is 2.14 bits per heavy atom. The molecular weight excluding hydrogens is 376 g/mol. The van der Waals surface area contributed by atoms with Crippen molar-refractivity contribution in [1.29, 1.82) is 0 Å². The van der Waals surface area contributed by atoms with E-state index in [4.69, 9.17) is 4.74 Å². The molecule has 1 aromatic rings. The highest BCUT2D eigenvalue weighted by molar-refractivity contribution is 5.69. The van der Waals surface area contributed by atoms with Crippen molar-refractivity contribution in [2.24, 2.45) is 0 Å². The molecule has 6 heteroatoms. The topological polar surface area (TPSA) is 38.8 Å². The maximum atomic E-state index is 12.0. The number of carbonyl (C=O) groups is 1. The first-order valence-corrected chi connectivity index (χ1v) is 9.66. The highest BCUT2D eigenvalue weighted by Crippen LogP contribution is 2.18. The summed E-state index contributed by atoms with van der Waals surface area (Å²) in [4.78, 5) is 12.9. The summed E-state index contributed by atoms with van der Waals surface area (Å²) in [6.45, 7) is 14.7. The van der Waals surface area contributed by atoms with Crippen LogP contribution in [0.25, 0.3) is 0 Å². The molecule has 1 amide bonds. The number of allylic oxidation sites excluding steroid dienone is 4. The van der Waals surface area contributed by atoms with Gasteiger partial charge in [0.05, 0.1) is 6.54 Å². The van der Waals surface area contributed by atoms with Crippen LogP contribution in [0.2, 0.25) is 0 Å². The predicted octanol–water partition coefficient (Wildman–Crippen LogP) is 6.99. The van der Waals surface area contributed by atoms with Gasteiger partial charge in [0, 0.05) is 6.54 Å². The Bertz CT molecular complexity index is 586. The zero-order valence-electron chi connectivity index (χ0n) is 18.2. The van der Waals surface area contributed by atoms with Gasteiger partial charge in [0.1, 0.15) is 11.9 Å². The second-order valence-corrected chi connectivity index (χ2v) is 5.60. The second kappa shape index (κ2) is 18.7. The van der Waals surface area contributed by atoms with Crippen molar-refractivity contribution in [3.8, 4) is 5.75 Å². The van der Waals surface area contributed by atoms with Crippen molar-refractivity contribution < 1.29 is 23.0 Å². The van der Waals surface area contributed by atoms with Crippen molar-refractivity contribution in [2.75, 3.05) is 6.54 Å². The Morgan fingerprint density at radius 1 is 1.24 bits per heavy atom. The molecule has 164 valence electrons. The lowest BCUT2D eigenvalue weighted by Crippen LogP contribution is -2.24. The van der Waals surface area contributed by atoms with Crippen molar-refractivity contribution in [2.45, 2.75) is 60.3 Å². The van der Waals surface area contributed by atoms with Crippen LogP contribution in [-0.4, -0.2) is 30.3 Å². The van der Waals surface area contributed by atoms with Gasteiger partial charge < -0.3 is 14.4 Å². The van der Waals surface area contributed by atoms with Gasteiger partial charge in [-0.3, -0.25) is 0 Å². The molecule has 1 saturated heterocycles. The summed E-state index contributed by atoms with van der Waals surface area (Å²) in [5.41, 5.74) is 0.836. The van der Waals surface area contributed by atoms with E-state index in [1.165, 1.54) is 12.1 Å². The predicted molar refractivity (Wildman–Crippen MR) is 116 cm³/mol. The van der Waals surface area contributed by atoms with Crippen LogP contribution in [0.5, 0.6) is 5.75 Å². The fourth-order valence-electron chi connectivity index (χ4n) is 2.03. The summed E-state index contributed by atoms with van der Waals surface area (Å²) in [6, 6.07) is 6.20. The normalized spacial score (nSPS) is 14.6. The molecule has 0 saturated carbocycles. The van der Waals surface area contributed by atoms with Gasteiger partial charge in [0.15, 0.2) is 0 Å². The lowest BCUT2D eigenvalue weighted by atomic mass is 10.2. The number of alkyl halides is 2. The molecule has 1 unspecified atom stereocenters. The number of amides is 1. The van der Waals surface area contributed by atoms with Gasteiger partial charge in [0.25, 0.3) is 0 Å². The minimum absolute atomic E-state index is 0.103. The van der Waals surface area contributed by atoms with Crippen LogP contribution in [0.15, 0.2) is 61.7 Å². The van der Waals surface area contributed by atoms with E-state index in [0.717, 1.165) is 12.0 Å². The molecule has 0 radical (unpaired) electrons. The summed E-state index contributed by atoms with van der Waals surface area (Å²) >= 11 is 0. The number of carbonyl (C=O) groups excluding carboxylic acids is 1. The number of rotatable bonds is 6. The minimum Gasteiger partial charge on any atom is -0.444 e. The molecule has 29 heavy (non-hydrogen) atoms. The molecule has 0 aliphatic carbocycles. The lowest BCUT2D eigenvalue weighted by molar-refractivity contribution is -0.0498.